The number of hydrogen-bond donors (Lipinski definition) is 0. The molecule has 0 aliphatic carbocycles. The number of carbonyl (C=O) groups excluding carboxylic acids is 2. The van der Waals surface area contributed by atoms with Crippen LogP contribution in [0.2, 0.25) is 0 Å². The molecule has 1 aromatic heterocycles. The maximum absolute atomic E-state index is 13.3. The lowest BCUT2D eigenvalue weighted by Gasteiger charge is -2.16. The van der Waals surface area contributed by atoms with Crippen molar-refractivity contribution in [1.29, 1.82) is 0 Å². The summed E-state index contributed by atoms with van der Waals surface area (Å²) < 4.78 is 18.9. The molecule has 1 aliphatic heterocycles. The van der Waals surface area contributed by atoms with E-state index in [2.05, 4.69) is 0 Å². The first kappa shape index (κ1) is 15.6. The summed E-state index contributed by atoms with van der Waals surface area (Å²) in [7, 11) is 0. The minimum atomic E-state index is -0.349. The monoisotopic (exact) mass is 331 g/mol. The molecule has 0 unspecified atom stereocenters. The van der Waals surface area contributed by atoms with Gasteiger partial charge in [-0.2, -0.15) is 0 Å². The van der Waals surface area contributed by atoms with Gasteiger partial charge in [0.2, 0.25) is 0 Å². The van der Waals surface area contributed by atoms with E-state index in [-0.39, 0.29) is 23.0 Å². The molecule has 4 nitrogen and oxygen atoms in total. The molecule has 3 rings (SSSR count). The van der Waals surface area contributed by atoms with Crippen molar-refractivity contribution in [1.82, 2.24) is 4.90 Å². The number of hydrogen-bond acceptors (Lipinski definition) is 4. The van der Waals surface area contributed by atoms with Gasteiger partial charge in [-0.1, -0.05) is 12.1 Å². The molecule has 1 fully saturated rings. The van der Waals surface area contributed by atoms with Crippen molar-refractivity contribution in [2.24, 2.45) is 0 Å². The number of carbonyl (C=O) groups is 2. The number of nitrogens with zero attached hydrogens (tertiary/aromatic N) is 1. The van der Waals surface area contributed by atoms with E-state index in [0.717, 1.165) is 11.8 Å². The Morgan fingerprint density at radius 1 is 1.22 bits per heavy atom. The molecule has 2 amide bonds. The summed E-state index contributed by atoms with van der Waals surface area (Å²) >= 11 is 0.891. The van der Waals surface area contributed by atoms with Gasteiger partial charge in [-0.15, -0.1) is 0 Å². The van der Waals surface area contributed by atoms with Gasteiger partial charge in [-0.25, -0.2) is 4.39 Å². The number of amides is 2. The highest BCUT2D eigenvalue weighted by molar-refractivity contribution is 8.18. The van der Waals surface area contributed by atoms with E-state index < -0.39 is 0 Å². The third-order valence-corrected chi connectivity index (χ3v) is 4.23. The van der Waals surface area contributed by atoms with Crippen LogP contribution in [0.25, 0.3) is 17.4 Å². The summed E-state index contributed by atoms with van der Waals surface area (Å²) in [4.78, 5) is 25.6. The van der Waals surface area contributed by atoms with Gasteiger partial charge in [-0.05, 0) is 49.9 Å². The predicted molar refractivity (Wildman–Crippen MR) is 87.0 cm³/mol. The molecule has 23 heavy (non-hydrogen) atoms. The Balaban J connectivity index is 1.87. The molecule has 0 saturated carbocycles. The predicted octanol–water partition coefficient (Wildman–Crippen LogP) is 4.53. The van der Waals surface area contributed by atoms with Crippen LogP contribution in [-0.2, 0) is 4.79 Å². The largest absolute Gasteiger partial charge is 0.457 e. The fourth-order valence-corrected chi connectivity index (χ4v) is 3.22. The molecule has 0 N–H and O–H groups in total. The van der Waals surface area contributed by atoms with Gasteiger partial charge < -0.3 is 4.42 Å². The van der Waals surface area contributed by atoms with Gasteiger partial charge >= 0.3 is 0 Å². The number of imide groups is 1. The highest BCUT2D eigenvalue weighted by atomic mass is 32.2. The number of rotatable bonds is 3. The lowest BCUT2D eigenvalue weighted by atomic mass is 10.2. The smallest absolute Gasteiger partial charge is 0.293 e. The van der Waals surface area contributed by atoms with Crippen LogP contribution >= 0.6 is 11.8 Å². The summed E-state index contributed by atoms with van der Waals surface area (Å²) in [6, 6.07) is 9.26. The summed E-state index contributed by atoms with van der Waals surface area (Å²) in [5.74, 6) is 0.273. The number of furan rings is 1. The molecule has 0 radical (unpaired) electrons. The lowest BCUT2D eigenvalue weighted by Crippen LogP contribution is -2.34. The minimum Gasteiger partial charge on any atom is -0.457 e. The second-order valence-electron chi connectivity index (χ2n) is 5.36. The quantitative estimate of drug-likeness (QED) is 0.775. The molecular weight excluding hydrogens is 317 g/mol. The second-order valence-corrected chi connectivity index (χ2v) is 6.35. The SMILES string of the molecule is CC(C)N1C(=O)S/C(=C\c2ccc(-c3cccc(F)c3)o2)C1=O. The van der Waals surface area contributed by atoms with E-state index in [4.69, 9.17) is 4.42 Å². The van der Waals surface area contributed by atoms with Crippen LogP contribution in [0.4, 0.5) is 9.18 Å². The lowest BCUT2D eigenvalue weighted by molar-refractivity contribution is -0.123. The summed E-state index contributed by atoms with van der Waals surface area (Å²) in [6.07, 6.45) is 1.54. The third-order valence-electron chi connectivity index (χ3n) is 3.35. The summed E-state index contributed by atoms with van der Waals surface area (Å²) in [5.41, 5.74) is 0.611. The molecule has 6 heteroatoms. The number of halogens is 1. The average Bonchev–Trinajstić information content (AvgIpc) is 3.05. The molecule has 0 bridgehead atoms. The Hall–Kier alpha value is -2.34. The summed E-state index contributed by atoms with van der Waals surface area (Å²) in [5, 5.41) is -0.284. The Morgan fingerprint density at radius 3 is 2.65 bits per heavy atom. The fraction of sp³-hybridized carbons (Fsp3) is 0.176. The van der Waals surface area contributed by atoms with E-state index in [1.54, 1.807) is 38.1 Å². The van der Waals surface area contributed by atoms with E-state index in [1.807, 2.05) is 0 Å². The number of thioether (sulfide) groups is 1. The molecule has 2 aromatic rings. The third kappa shape index (κ3) is 3.07. The van der Waals surface area contributed by atoms with Crippen molar-refractivity contribution in [2.75, 3.05) is 0 Å². The van der Waals surface area contributed by atoms with Crippen LogP contribution < -0.4 is 0 Å². The van der Waals surface area contributed by atoms with Crippen molar-refractivity contribution >= 4 is 29.0 Å². The standard InChI is InChI=1S/C17H14FNO3S/c1-10(2)19-16(20)15(23-17(19)21)9-13-6-7-14(22-13)11-4-3-5-12(18)8-11/h3-10H,1-2H3/b15-9-. The molecule has 0 atom stereocenters. The van der Waals surface area contributed by atoms with Crippen LogP contribution in [0.5, 0.6) is 0 Å². The van der Waals surface area contributed by atoms with Crippen LogP contribution in [-0.4, -0.2) is 22.1 Å². The van der Waals surface area contributed by atoms with E-state index in [1.165, 1.54) is 23.1 Å². The maximum atomic E-state index is 13.3. The average molecular weight is 331 g/mol. The van der Waals surface area contributed by atoms with Gasteiger partial charge in [0, 0.05) is 17.7 Å². The van der Waals surface area contributed by atoms with Crippen molar-refractivity contribution < 1.29 is 18.4 Å². The molecule has 1 saturated heterocycles. The molecule has 1 aromatic carbocycles. The van der Waals surface area contributed by atoms with Gasteiger partial charge in [0.15, 0.2) is 0 Å². The van der Waals surface area contributed by atoms with Crippen LogP contribution in [0.3, 0.4) is 0 Å². The minimum absolute atomic E-state index is 0.187. The first-order valence-corrected chi connectivity index (χ1v) is 7.90. The molecule has 118 valence electrons. The van der Waals surface area contributed by atoms with Gasteiger partial charge in [0.25, 0.3) is 11.1 Å². The Labute approximate surface area is 137 Å². The number of benzene rings is 1. The van der Waals surface area contributed by atoms with Crippen LogP contribution in [0.15, 0.2) is 45.7 Å². The van der Waals surface area contributed by atoms with Crippen molar-refractivity contribution in [3.05, 3.63) is 52.9 Å². The highest BCUT2D eigenvalue weighted by Gasteiger charge is 2.36. The van der Waals surface area contributed by atoms with E-state index in [9.17, 15) is 14.0 Å². The van der Waals surface area contributed by atoms with Gasteiger partial charge in [-0.3, -0.25) is 14.5 Å². The van der Waals surface area contributed by atoms with Crippen molar-refractivity contribution in [3.63, 3.8) is 0 Å². The Kier molecular flexibility index (Phi) is 4.09. The van der Waals surface area contributed by atoms with E-state index in [0.29, 0.717) is 22.0 Å². The van der Waals surface area contributed by atoms with Crippen molar-refractivity contribution in [2.45, 2.75) is 19.9 Å². The highest BCUT2D eigenvalue weighted by Crippen LogP contribution is 2.34. The molecular formula is C17H14FNO3S. The van der Waals surface area contributed by atoms with Crippen LogP contribution in [0.1, 0.15) is 19.6 Å². The zero-order chi connectivity index (χ0) is 16.6. The van der Waals surface area contributed by atoms with Gasteiger partial charge in [0.1, 0.15) is 17.3 Å². The van der Waals surface area contributed by atoms with Gasteiger partial charge in [0.05, 0.1) is 4.91 Å². The molecule has 1 aliphatic rings. The molecule has 0 spiro atoms. The van der Waals surface area contributed by atoms with Crippen LogP contribution in [0, 0.1) is 5.82 Å². The van der Waals surface area contributed by atoms with Crippen molar-refractivity contribution in [3.8, 4) is 11.3 Å². The normalized spacial score (nSPS) is 16.9. The zero-order valence-electron chi connectivity index (χ0n) is 12.6. The Morgan fingerprint density at radius 2 is 2.00 bits per heavy atom. The second kappa shape index (κ2) is 6.04. The maximum Gasteiger partial charge on any atom is 0.293 e. The molecule has 2 heterocycles. The topological polar surface area (TPSA) is 50.5 Å². The first-order valence-electron chi connectivity index (χ1n) is 7.08. The van der Waals surface area contributed by atoms with E-state index >= 15 is 0 Å². The fourth-order valence-electron chi connectivity index (χ4n) is 2.28. The first-order chi connectivity index (χ1) is 11.0. The Bertz CT molecular complexity index is 810. The summed E-state index contributed by atoms with van der Waals surface area (Å²) in [6.45, 7) is 3.57. The zero-order valence-corrected chi connectivity index (χ0v) is 13.4.